The molecule has 0 saturated carbocycles. The minimum atomic E-state index is -0.229. The van der Waals surface area contributed by atoms with Gasteiger partial charge in [-0.25, -0.2) is 0 Å². The minimum Gasteiger partial charge on any atom is -0.319 e. The summed E-state index contributed by atoms with van der Waals surface area (Å²) >= 11 is 6.10. The van der Waals surface area contributed by atoms with E-state index in [0.717, 1.165) is 27.5 Å². The van der Waals surface area contributed by atoms with Crippen LogP contribution < -0.4 is 5.73 Å². The number of halogens is 1. The van der Waals surface area contributed by atoms with Crippen molar-refractivity contribution >= 4 is 11.6 Å². The number of nitrogens with zero attached hydrogens (tertiary/aromatic N) is 1. The van der Waals surface area contributed by atoms with Crippen molar-refractivity contribution in [1.29, 1.82) is 0 Å². The van der Waals surface area contributed by atoms with Crippen LogP contribution in [0, 0.1) is 13.8 Å². The molecular formula is C14H15ClN2. The van der Waals surface area contributed by atoms with Gasteiger partial charge in [-0.15, -0.1) is 0 Å². The van der Waals surface area contributed by atoms with Gasteiger partial charge in [-0.05, 0) is 43.2 Å². The Bertz CT molecular complexity index is 537. The summed E-state index contributed by atoms with van der Waals surface area (Å²) in [4.78, 5) is 4.43. The van der Waals surface area contributed by atoms with Crippen molar-refractivity contribution in [2.75, 3.05) is 0 Å². The van der Waals surface area contributed by atoms with E-state index in [1.165, 1.54) is 0 Å². The van der Waals surface area contributed by atoms with Gasteiger partial charge in [0.15, 0.2) is 0 Å². The first-order chi connectivity index (χ1) is 8.08. The maximum atomic E-state index is 6.18. The van der Waals surface area contributed by atoms with Crippen molar-refractivity contribution in [3.8, 4) is 0 Å². The first kappa shape index (κ1) is 12.1. The molecule has 0 spiro atoms. The lowest BCUT2D eigenvalue weighted by molar-refractivity contribution is 0.821. The fraction of sp³-hybridized carbons (Fsp3) is 0.214. The standard InChI is InChI=1S/C14H15ClN2/c1-9-6-7-11(8-12(9)15)14(16)13-5-3-4-10(2)17-13/h3-8,14H,16H2,1-2H3. The lowest BCUT2D eigenvalue weighted by Gasteiger charge is -2.13. The van der Waals surface area contributed by atoms with Gasteiger partial charge in [0.2, 0.25) is 0 Å². The van der Waals surface area contributed by atoms with Crippen LogP contribution in [0.4, 0.5) is 0 Å². The smallest absolute Gasteiger partial charge is 0.0727 e. The topological polar surface area (TPSA) is 38.9 Å². The van der Waals surface area contributed by atoms with E-state index in [-0.39, 0.29) is 6.04 Å². The largest absolute Gasteiger partial charge is 0.319 e. The molecule has 1 aromatic heterocycles. The Morgan fingerprint density at radius 2 is 1.94 bits per heavy atom. The van der Waals surface area contributed by atoms with E-state index in [4.69, 9.17) is 17.3 Å². The molecule has 1 aromatic carbocycles. The van der Waals surface area contributed by atoms with Crippen molar-refractivity contribution in [1.82, 2.24) is 4.98 Å². The molecule has 0 aliphatic carbocycles. The third-order valence-corrected chi connectivity index (χ3v) is 3.19. The Hall–Kier alpha value is -1.38. The molecule has 2 nitrogen and oxygen atoms in total. The molecule has 2 N–H and O–H groups in total. The highest BCUT2D eigenvalue weighted by Crippen LogP contribution is 2.23. The van der Waals surface area contributed by atoms with Gasteiger partial charge in [-0.3, -0.25) is 4.98 Å². The second kappa shape index (κ2) is 4.86. The zero-order valence-electron chi connectivity index (χ0n) is 9.94. The lowest BCUT2D eigenvalue weighted by Crippen LogP contribution is -2.13. The highest BCUT2D eigenvalue weighted by molar-refractivity contribution is 6.31. The molecule has 2 rings (SSSR count). The van der Waals surface area contributed by atoms with Crippen molar-refractivity contribution < 1.29 is 0 Å². The summed E-state index contributed by atoms with van der Waals surface area (Å²) in [5.74, 6) is 0. The number of nitrogens with two attached hydrogens (primary N) is 1. The molecule has 0 amide bonds. The minimum absolute atomic E-state index is 0.229. The van der Waals surface area contributed by atoms with Crippen molar-refractivity contribution in [2.45, 2.75) is 19.9 Å². The van der Waals surface area contributed by atoms with Gasteiger partial charge in [0.05, 0.1) is 11.7 Å². The molecule has 3 heteroatoms. The van der Waals surface area contributed by atoms with Crippen molar-refractivity contribution in [2.24, 2.45) is 5.73 Å². The zero-order chi connectivity index (χ0) is 12.4. The Labute approximate surface area is 106 Å². The van der Waals surface area contributed by atoms with Crippen LogP contribution in [0.25, 0.3) is 0 Å². The summed E-state index contributed by atoms with van der Waals surface area (Å²) in [5.41, 5.74) is 10.1. The van der Waals surface area contributed by atoms with E-state index in [2.05, 4.69) is 4.98 Å². The van der Waals surface area contributed by atoms with Crippen LogP contribution in [0.15, 0.2) is 36.4 Å². The summed E-state index contributed by atoms with van der Waals surface area (Å²) in [6.45, 7) is 3.93. The maximum Gasteiger partial charge on any atom is 0.0727 e. The fourth-order valence-electron chi connectivity index (χ4n) is 1.71. The lowest BCUT2D eigenvalue weighted by atomic mass is 10.0. The van der Waals surface area contributed by atoms with E-state index >= 15 is 0 Å². The van der Waals surface area contributed by atoms with E-state index in [1.807, 2.05) is 50.2 Å². The van der Waals surface area contributed by atoms with Crippen molar-refractivity contribution in [3.05, 3.63) is 63.9 Å². The van der Waals surface area contributed by atoms with E-state index in [0.29, 0.717) is 0 Å². The molecule has 0 aliphatic heterocycles. The molecule has 88 valence electrons. The number of aromatic nitrogens is 1. The highest BCUT2D eigenvalue weighted by Gasteiger charge is 2.11. The molecule has 0 radical (unpaired) electrons. The molecule has 2 aromatic rings. The number of aryl methyl sites for hydroxylation is 2. The quantitative estimate of drug-likeness (QED) is 0.882. The van der Waals surface area contributed by atoms with E-state index in [1.54, 1.807) is 0 Å². The van der Waals surface area contributed by atoms with Gasteiger partial charge in [0.1, 0.15) is 0 Å². The molecule has 1 atom stereocenters. The molecule has 0 fully saturated rings. The Kier molecular flexibility index (Phi) is 3.46. The van der Waals surface area contributed by atoms with Crippen LogP contribution in [0.3, 0.4) is 0 Å². The van der Waals surface area contributed by atoms with Gasteiger partial charge in [0.25, 0.3) is 0 Å². The molecular weight excluding hydrogens is 232 g/mol. The SMILES string of the molecule is Cc1cccc(C(N)c2ccc(C)c(Cl)c2)n1. The Balaban J connectivity index is 2.36. The summed E-state index contributed by atoms with van der Waals surface area (Å²) in [5, 5.41) is 0.741. The first-order valence-corrected chi connectivity index (χ1v) is 5.91. The summed E-state index contributed by atoms with van der Waals surface area (Å²) in [6.07, 6.45) is 0. The first-order valence-electron chi connectivity index (χ1n) is 5.53. The van der Waals surface area contributed by atoms with Gasteiger partial charge < -0.3 is 5.73 Å². The van der Waals surface area contributed by atoms with Crippen molar-refractivity contribution in [3.63, 3.8) is 0 Å². The normalized spacial score (nSPS) is 12.5. The Morgan fingerprint density at radius 1 is 1.18 bits per heavy atom. The van der Waals surface area contributed by atoms with Crippen LogP contribution in [0.5, 0.6) is 0 Å². The Morgan fingerprint density at radius 3 is 2.59 bits per heavy atom. The monoisotopic (exact) mass is 246 g/mol. The predicted molar refractivity (Wildman–Crippen MR) is 71.2 cm³/mol. The highest BCUT2D eigenvalue weighted by atomic mass is 35.5. The second-order valence-corrected chi connectivity index (χ2v) is 4.60. The molecule has 1 heterocycles. The maximum absolute atomic E-state index is 6.18. The average molecular weight is 247 g/mol. The summed E-state index contributed by atoms with van der Waals surface area (Å²) in [6, 6.07) is 11.5. The zero-order valence-corrected chi connectivity index (χ0v) is 10.7. The second-order valence-electron chi connectivity index (χ2n) is 4.19. The summed E-state index contributed by atoms with van der Waals surface area (Å²) in [7, 11) is 0. The average Bonchev–Trinajstić information content (AvgIpc) is 2.32. The number of pyridine rings is 1. The van der Waals surface area contributed by atoms with Gasteiger partial charge >= 0.3 is 0 Å². The molecule has 1 unspecified atom stereocenters. The van der Waals surface area contributed by atoms with E-state index in [9.17, 15) is 0 Å². The molecule has 0 bridgehead atoms. The van der Waals surface area contributed by atoms with Gasteiger partial charge in [-0.1, -0.05) is 29.8 Å². The van der Waals surface area contributed by atoms with Gasteiger partial charge in [0, 0.05) is 10.7 Å². The third kappa shape index (κ3) is 2.65. The van der Waals surface area contributed by atoms with Crippen LogP contribution in [-0.2, 0) is 0 Å². The summed E-state index contributed by atoms with van der Waals surface area (Å²) < 4.78 is 0. The number of rotatable bonds is 2. The molecule has 0 saturated heterocycles. The fourth-order valence-corrected chi connectivity index (χ4v) is 1.90. The predicted octanol–water partition coefficient (Wildman–Crippen LogP) is 3.40. The molecule has 17 heavy (non-hydrogen) atoms. The number of hydrogen-bond donors (Lipinski definition) is 1. The third-order valence-electron chi connectivity index (χ3n) is 2.78. The van der Waals surface area contributed by atoms with E-state index < -0.39 is 0 Å². The van der Waals surface area contributed by atoms with Crippen LogP contribution in [0.1, 0.15) is 28.6 Å². The number of hydrogen-bond acceptors (Lipinski definition) is 2. The van der Waals surface area contributed by atoms with Gasteiger partial charge in [-0.2, -0.15) is 0 Å². The van der Waals surface area contributed by atoms with Crippen LogP contribution in [-0.4, -0.2) is 4.98 Å². The molecule has 0 aliphatic rings. The van der Waals surface area contributed by atoms with Crippen LogP contribution >= 0.6 is 11.6 Å². The number of benzene rings is 1. The van der Waals surface area contributed by atoms with Crippen LogP contribution in [0.2, 0.25) is 5.02 Å².